The van der Waals surface area contributed by atoms with Gasteiger partial charge in [0.25, 0.3) is 0 Å². The van der Waals surface area contributed by atoms with Crippen LogP contribution in [0.5, 0.6) is 0 Å². The maximum absolute atomic E-state index is 8.13. The first kappa shape index (κ1) is 31.9. The lowest BCUT2D eigenvalue weighted by Gasteiger charge is -2.35. The van der Waals surface area contributed by atoms with E-state index >= 15 is 0 Å². The van der Waals surface area contributed by atoms with Gasteiger partial charge in [-0.05, 0) is 70.0 Å². The summed E-state index contributed by atoms with van der Waals surface area (Å²) in [5, 5.41) is 11.1. The molecule has 0 heterocycles. The minimum atomic E-state index is -0.0828. The third-order valence-corrected chi connectivity index (χ3v) is 4.31. The fourth-order valence-corrected chi connectivity index (χ4v) is 3.59. The minimum absolute atomic E-state index is 0.0828. The van der Waals surface area contributed by atoms with E-state index in [1.807, 2.05) is 27.0 Å². The van der Waals surface area contributed by atoms with E-state index in [0.29, 0.717) is 12.0 Å². The average molecular weight is 410 g/mol. The largest absolute Gasteiger partial charge is 0.395 e. The molecular formula is C22H51NO3S. The van der Waals surface area contributed by atoms with Crippen LogP contribution in [0, 0.1) is 11.3 Å². The van der Waals surface area contributed by atoms with E-state index in [-0.39, 0.29) is 17.6 Å². The van der Waals surface area contributed by atoms with Crippen LogP contribution in [0.2, 0.25) is 0 Å². The lowest BCUT2D eigenvalue weighted by Crippen LogP contribution is -2.32. The number of ether oxygens (including phenoxy) is 1. The van der Waals surface area contributed by atoms with Crippen molar-refractivity contribution >= 4 is 12.0 Å². The topological polar surface area (TPSA) is 50.7 Å². The van der Waals surface area contributed by atoms with Crippen LogP contribution in [-0.2, 0) is 8.92 Å². The molecule has 0 aromatic rings. The zero-order valence-electron chi connectivity index (χ0n) is 20.3. The molecular weight excluding hydrogens is 358 g/mol. The van der Waals surface area contributed by atoms with Gasteiger partial charge in [-0.3, -0.25) is 0 Å². The van der Waals surface area contributed by atoms with Gasteiger partial charge in [0.1, 0.15) is 0 Å². The van der Waals surface area contributed by atoms with Crippen molar-refractivity contribution in [3.05, 3.63) is 0 Å². The van der Waals surface area contributed by atoms with Gasteiger partial charge in [-0.2, -0.15) is 0 Å². The fourth-order valence-electron chi connectivity index (χ4n) is 3.08. The molecule has 0 bridgehead atoms. The molecule has 0 aliphatic rings. The summed E-state index contributed by atoms with van der Waals surface area (Å²) < 4.78 is 11.7. The summed E-state index contributed by atoms with van der Waals surface area (Å²) >= 11 is 1.45. The van der Waals surface area contributed by atoms with E-state index in [4.69, 9.17) is 14.0 Å². The van der Waals surface area contributed by atoms with E-state index in [9.17, 15) is 0 Å². The summed E-state index contributed by atoms with van der Waals surface area (Å²) in [5.74, 6) is 0.717. The van der Waals surface area contributed by atoms with Crippen LogP contribution in [0.3, 0.4) is 0 Å². The molecule has 0 aromatic heterocycles. The zero-order chi connectivity index (χ0) is 21.9. The van der Waals surface area contributed by atoms with Crippen LogP contribution >= 0.6 is 12.0 Å². The standard InChI is InChI=1S/C16H34O2S.C4H11NO.C2H6/c1-13(2)9-10-17-14(3)11-15(4,5)12-16(6,7)18-19-8;1-2-5-3-4-6;1-2/h13-14H,9-12H2,1-8H3;5-6H,2-4H2,1H3;1-2H3. The quantitative estimate of drug-likeness (QED) is 0.291. The van der Waals surface area contributed by atoms with Gasteiger partial charge in [0, 0.05) is 19.4 Å². The van der Waals surface area contributed by atoms with Crippen molar-refractivity contribution in [2.24, 2.45) is 11.3 Å². The van der Waals surface area contributed by atoms with Crippen molar-refractivity contribution < 1.29 is 14.0 Å². The highest BCUT2D eigenvalue weighted by atomic mass is 32.2. The second-order valence-electron chi connectivity index (χ2n) is 8.50. The van der Waals surface area contributed by atoms with Gasteiger partial charge in [0.05, 0.1) is 18.3 Å². The molecule has 2 N–H and O–H groups in total. The Morgan fingerprint density at radius 3 is 2.00 bits per heavy atom. The average Bonchev–Trinajstić information content (AvgIpc) is 2.53. The van der Waals surface area contributed by atoms with Crippen molar-refractivity contribution in [2.45, 2.75) is 100 Å². The molecule has 168 valence electrons. The smallest absolute Gasteiger partial charge is 0.0778 e. The van der Waals surface area contributed by atoms with Gasteiger partial charge >= 0.3 is 0 Å². The van der Waals surface area contributed by atoms with Crippen LogP contribution in [0.25, 0.3) is 0 Å². The summed E-state index contributed by atoms with van der Waals surface area (Å²) in [6.45, 7) is 24.4. The third kappa shape index (κ3) is 26.2. The van der Waals surface area contributed by atoms with Crippen molar-refractivity contribution in [3.63, 3.8) is 0 Å². The van der Waals surface area contributed by atoms with Gasteiger partial charge < -0.3 is 19.3 Å². The van der Waals surface area contributed by atoms with Crippen LogP contribution in [0.1, 0.15) is 88.5 Å². The molecule has 0 aromatic carbocycles. The van der Waals surface area contributed by atoms with Gasteiger partial charge in [0.15, 0.2) is 0 Å². The maximum atomic E-state index is 8.13. The Bertz CT molecular complexity index is 293. The van der Waals surface area contributed by atoms with Gasteiger partial charge in [-0.15, -0.1) is 0 Å². The Balaban J connectivity index is -0.000000607. The Morgan fingerprint density at radius 2 is 1.63 bits per heavy atom. The van der Waals surface area contributed by atoms with Crippen molar-refractivity contribution in [3.8, 4) is 0 Å². The first-order valence-electron chi connectivity index (χ1n) is 10.6. The van der Waals surface area contributed by atoms with E-state index in [0.717, 1.165) is 39.0 Å². The zero-order valence-corrected chi connectivity index (χ0v) is 21.1. The lowest BCUT2D eigenvalue weighted by molar-refractivity contribution is 0.00696. The number of aliphatic hydroxyl groups excluding tert-OH is 1. The first-order valence-corrected chi connectivity index (χ1v) is 11.8. The molecule has 0 amide bonds. The predicted molar refractivity (Wildman–Crippen MR) is 124 cm³/mol. The molecule has 0 saturated heterocycles. The Hall–Kier alpha value is 0.190. The van der Waals surface area contributed by atoms with E-state index in [2.05, 4.69) is 53.8 Å². The Labute approximate surface area is 175 Å². The minimum Gasteiger partial charge on any atom is -0.395 e. The molecule has 0 radical (unpaired) electrons. The SMILES string of the molecule is CC.CCNCCO.CSOC(C)(C)CC(C)(C)CC(C)OCCC(C)C. The Kier molecular flexibility index (Phi) is 23.0. The molecule has 27 heavy (non-hydrogen) atoms. The summed E-state index contributed by atoms with van der Waals surface area (Å²) in [5.41, 5.74) is 0.150. The summed E-state index contributed by atoms with van der Waals surface area (Å²) in [6.07, 6.45) is 5.56. The lowest BCUT2D eigenvalue weighted by atomic mass is 9.78. The van der Waals surface area contributed by atoms with Gasteiger partial charge in [0.2, 0.25) is 0 Å². The number of rotatable bonds is 13. The molecule has 0 saturated carbocycles. The highest BCUT2D eigenvalue weighted by Gasteiger charge is 2.31. The molecule has 0 aliphatic heterocycles. The van der Waals surface area contributed by atoms with E-state index in [1.54, 1.807) is 0 Å². The van der Waals surface area contributed by atoms with E-state index < -0.39 is 0 Å². The fraction of sp³-hybridized carbons (Fsp3) is 1.00. The molecule has 0 spiro atoms. The highest BCUT2D eigenvalue weighted by Crippen LogP contribution is 2.36. The summed E-state index contributed by atoms with van der Waals surface area (Å²) in [7, 11) is 0. The molecule has 0 rings (SSSR count). The van der Waals surface area contributed by atoms with Crippen LogP contribution < -0.4 is 5.32 Å². The van der Waals surface area contributed by atoms with Crippen molar-refractivity contribution in [2.75, 3.05) is 32.6 Å². The number of nitrogens with one attached hydrogen (secondary N) is 1. The molecule has 1 unspecified atom stereocenters. The third-order valence-electron chi connectivity index (χ3n) is 3.69. The second-order valence-corrected chi connectivity index (χ2v) is 9.00. The van der Waals surface area contributed by atoms with Crippen LogP contribution in [0.15, 0.2) is 0 Å². The van der Waals surface area contributed by atoms with Crippen LogP contribution in [0.4, 0.5) is 0 Å². The van der Waals surface area contributed by atoms with Crippen molar-refractivity contribution in [1.29, 1.82) is 0 Å². The molecule has 0 aliphatic carbocycles. The summed E-state index contributed by atoms with van der Waals surface area (Å²) in [4.78, 5) is 0. The molecule has 5 heteroatoms. The summed E-state index contributed by atoms with van der Waals surface area (Å²) in [6, 6.07) is 0. The van der Waals surface area contributed by atoms with Crippen LogP contribution in [-0.4, -0.2) is 49.4 Å². The predicted octanol–water partition coefficient (Wildman–Crippen LogP) is 5.93. The number of likely N-dealkylation sites (N-methyl/N-ethyl adjacent to an activating group) is 1. The highest BCUT2D eigenvalue weighted by molar-refractivity contribution is 7.93. The van der Waals surface area contributed by atoms with Crippen molar-refractivity contribution in [1.82, 2.24) is 5.32 Å². The number of aliphatic hydroxyl groups is 1. The van der Waals surface area contributed by atoms with Gasteiger partial charge in [-0.25, -0.2) is 0 Å². The number of hydrogen-bond donors (Lipinski definition) is 2. The maximum Gasteiger partial charge on any atom is 0.0778 e. The molecule has 4 nitrogen and oxygen atoms in total. The second kappa shape index (κ2) is 19.5. The first-order chi connectivity index (χ1) is 12.5. The Morgan fingerprint density at radius 1 is 1.07 bits per heavy atom. The number of hydrogen-bond acceptors (Lipinski definition) is 5. The normalized spacial score (nSPS) is 12.8. The van der Waals surface area contributed by atoms with E-state index in [1.165, 1.54) is 12.0 Å². The molecule has 0 fully saturated rings. The van der Waals surface area contributed by atoms with Gasteiger partial charge in [-0.1, -0.05) is 48.5 Å². The monoisotopic (exact) mass is 409 g/mol. The molecule has 1 atom stereocenters.